The van der Waals surface area contributed by atoms with Gasteiger partial charge in [0.1, 0.15) is 0 Å². The van der Waals surface area contributed by atoms with E-state index >= 15 is 0 Å². The minimum absolute atomic E-state index is 0.275. The molecule has 0 aliphatic carbocycles. The van der Waals surface area contributed by atoms with Crippen LogP contribution in [0.1, 0.15) is 16.3 Å². The molecule has 3 N–H and O–H groups in total. The van der Waals surface area contributed by atoms with E-state index < -0.39 is 11.7 Å². The molecule has 3 nitrogen and oxygen atoms in total. The van der Waals surface area contributed by atoms with Crippen molar-refractivity contribution in [2.45, 2.75) is 19.6 Å². The van der Waals surface area contributed by atoms with Crippen molar-refractivity contribution in [2.75, 3.05) is 11.1 Å². The van der Waals surface area contributed by atoms with Crippen LogP contribution in [0.5, 0.6) is 0 Å². The van der Waals surface area contributed by atoms with Crippen molar-refractivity contribution < 1.29 is 13.2 Å². The summed E-state index contributed by atoms with van der Waals surface area (Å²) in [5.41, 5.74) is 5.39. The van der Waals surface area contributed by atoms with Crippen molar-refractivity contribution >= 4 is 22.7 Å². The lowest BCUT2D eigenvalue weighted by atomic mass is 10.1. The summed E-state index contributed by atoms with van der Waals surface area (Å²) < 4.78 is 38.0. The molecule has 1 aromatic heterocycles. The molecule has 1 aromatic carbocycles. The summed E-state index contributed by atoms with van der Waals surface area (Å²) in [6.07, 6.45) is -4.45. The van der Waals surface area contributed by atoms with Crippen LogP contribution in [0.2, 0.25) is 0 Å². The number of halogens is 3. The van der Waals surface area contributed by atoms with Gasteiger partial charge < -0.3 is 11.1 Å². The summed E-state index contributed by atoms with van der Waals surface area (Å²) in [5, 5.41) is 5.69. The molecule has 19 heavy (non-hydrogen) atoms. The maximum absolute atomic E-state index is 12.7. The summed E-state index contributed by atoms with van der Waals surface area (Å²) in [4.78, 5) is 4.22. The fraction of sp³-hybridized carbons (Fsp3) is 0.250. The fourth-order valence-electron chi connectivity index (χ4n) is 1.59. The Morgan fingerprint density at radius 2 is 2.11 bits per heavy atom. The highest BCUT2D eigenvalue weighted by Gasteiger charge is 2.33. The second kappa shape index (κ2) is 5.08. The van der Waals surface area contributed by atoms with E-state index in [-0.39, 0.29) is 5.69 Å². The predicted octanol–water partition coefficient (Wildman–Crippen LogP) is 3.66. The number of rotatable bonds is 3. The van der Waals surface area contributed by atoms with Crippen LogP contribution < -0.4 is 11.1 Å². The molecule has 0 aliphatic heterocycles. The molecule has 0 amide bonds. The van der Waals surface area contributed by atoms with Crippen LogP contribution in [0.3, 0.4) is 0 Å². The lowest BCUT2D eigenvalue weighted by Gasteiger charge is -2.12. The molecule has 102 valence electrons. The second-order valence-corrected chi connectivity index (χ2v) is 5.07. The van der Waals surface area contributed by atoms with Gasteiger partial charge in [0, 0.05) is 16.8 Å². The van der Waals surface area contributed by atoms with E-state index in [9.17, 15) is 13.2 Å². The van der Waals surface area contributed by atoms with Crippen LogP contribution in [-0.4, -0.2) is 4.98 Å². The van der Waals surface area contributed by atoms with Gasteiger partial charge in [-0.25, -0.2) is 4.98 Å². The van der Waals surface area contributed by atoms with Crippen LogP contribution in [0.4, 0.5) is 24.5 Å². The lowest BCUT2D eigenvalue weighted by molar-refractivity contribution is -0.136. The molecule has 7 heteroatoms. The van der Waals surface area contributed by atoms with Gasteiger partial charge in [-0.3, -0.25) is 0 Å². The Kier molecular flexibility index (Phi) is 3.66. The molecular weight excluding hydrogens is 275 g/mol. The molecule has 0 radical (unpaired) electrons. The van der Waals surface area contributed by atoms with E-state index in [0.29, 0.717) is 12.2 Å². The fourth-order valence-corrected chi connectivity index (χ4v) is 2.21. The van der Waals surface area contributed by atoms with Crippen LogP contribution in [0.25, 0.3) is 0 Å². The Balaban J connectivity index is 2.13. The minimum Gasteiger partial charge on any atom is -0.398 e. The third-order valence-electron chi connectivity index (χ3n) is 2.50. The van der Waals surface area contributed by atoms with Crippen molar-refractivity contribution in [1.82, 2.24) is 4.98 Å². The van der Waals surface area contributed by atoms with Crippen LogP contribution in [0, 0.1) is 6.92 Å². The number of benzene rings is 1. The molecule has 0 saturated heterocycles. The van der Waals surface area contributed by atoms with Gasteiger partial charge in [0.05, 0.1) is 22.8 Å². The SMILES string of the molecule is Cc1nc(CNc2ccc(N)c(C(F)(F)F)c2)cs1. The van der Waals surface area contributed by atoms with Crippen molar-refractivity contribution in [3.8, 4) is 0 Å². The minimum atomic E-state index is -4.45. The average molecular weight is 287 g/mol. The molecule has 0 spiro atoms. The first kappa shape index (κ1) is 13.7. The van der Waals surface area contributed by atoms with Crippen molar-refractivity contribution in [3.05, 3.63) is 39.8 Å². The number of anilines is 2. The smallest absolute Gasteiger partial charge is 0.398 e. The van der Waals surface area contributed by atoms with Gasteiger partial charge in [0.2, 0.25) is 0 Å². The molecule has 0 saturated carbocycles. The van der Waals surface area contributed by atoms with Gasteiger partial charge in [-0.1, -0.05) is 0 Å². The quantitative estimate of drug-likeness (QED) is 0.847. The van der Waals surface area contributed by atoms with Gasteiger partial charge in [0.25, 0.3) is 0 Å². The third-order valence-corrected chi connectivity index (χ3v) is 3.32. The third kappa shape index (κ3) is 3.37. The largest absolute Gasteiger partial charge is 0.418 e. The summed E-state index contributed by atoms with van der Waals surface area (Å²) in [7, 11) is 0. The molecule has 0 atom stereocenters. The highest BCUT2D eigenvalue weighted by molar-refractivity contribution is 7.09. The number of hydrogen-bond acceptors (Lipinski definition) is 4. The Morgan fingerprint density at radius 3 is 2.68 bits per heavy atom. The predicted molar refractivity (Wildman–Crippen MR) is 70.0 cm³/mol. The van der Waals surface area contributed by atoms with E-state index in [1.165, 1.54) is 23.5 Å². The summed E-state index contributed by atoms with van der Waals surface area (Å²) in [6.45, 7) is 2.25. The van der Waals surface area contributed by atoms with Crippen molar-refractivity contribution in [3.63, 3.8) is 0 Å². The number of nitrogens with one attached hydrogen (secondary N) is 1. The maximum atomic E-state index is 12.7. The Hall–Kier alpha value is -1.76. The van der Waals surface area contributed by atoms with Gasteiger partial charge in [-0.15, -0.1) is 11.3 Å². The second-order valence-electron chi connectivity index (χ2n) is 4.01. The zero-order valence-electron chi connectivity index (χ0n) is 10.1. The van der Waals surface area contributed by atoms with Crippen molar-refractivity contribution in [1.29, 1.82) is 0 Å². The van der Waals surface area contributed by atoms with E-state index in [1.54, 1.807) is 0 Å². The highest BCUT2D eigenvalue weighted by Crippen LogP contribution is 2.35. The summed E-state index contributed by atoms with van der Waals surface area (Å²) in [5.74, 6) is 0. The van der Waals surface area contributed by atoms with Gasteiger partial charge in [-0.05, 0) is 25.1 Å². The standard InChI is InChI=1S/C12H12F3N3S/c1-7-18-9(6-19-7)5-17-8-2-3-11(16)10(4-8)12(13,14)15/h2-4,6,17H,5,16H2,1H3. The molecule has 0 aliphatic rings. The number of nitrogens with zero attached hydrogens (tertiary/aromatic N) is 1. The van der Waals surface area contributed by atoms with Crippen LogP contribution in [-0.2, 0) is 12.7 Å². The Morgan fingerprint density at radius 1 is 1.37 bits per heavy atom. The normalized spacial score (nSPS) is 11.6. The zero-order chi connectivity index (χ0) is 14.0. The zero-order valence-corrected chi connectivity index (χ0v) is 10.9. The number of alkyl halides is 3. The molecule has 1 heterocycles. The first-order chi connectivity index (χ1) is 8.86. The van der Waals surface area contributed by atoms with Gasteiger partial charge in [0.15, 0.2) is 0 Å². The van der Waals surface area contributed by atoms with Crippen LogP contribution >= 0.6 is 11.3 Å². The lowest BCUT2D eigenvalue weighted by Crippen LogP contribution is -2.10. The van der Waals surface area contributed by atoms with E-state index in [0.717, 1.165) is 16.8 Å². The first-order valence-electron chi connectivity index (χ1n) is 5.48. The Bertz CT molecular complexity index is 578. The highest BCUT2D eigenvalue weighted by atomic mass is 32.1. The number of aryl methyl sites for hydroxylation is 1. The summed E-state index contributed by atoms with van der Waals surface area (Å²) >= 11 is 1.50. The number of nitrogen functional groups attached to an aromatic ring is 1. The topological polar surface area (TPSA) is 50.9 Å². The van der Waals surface area contributed by atoms with Gasteiger partial charge >= 0.3 is 6.18 Å². The summed E-state index contributed by atoms with van der Waals surface area (Å²) in [6, 6.07) is 3.77. The monoisotopic (exact) mass is 287 g/mol. The Labute approximate surface area is 112 Å². The molecule has 0 unspecified atom stereocenters. The van der Waals surface area contributed by atoms with Crippen molar-refractivity contribution in [2.24, 2.45) is 0 Å². The van der Waals surface area contributed by atoms with E-state index in [4.69, 9.17) is 5.73 Å². The molecule has 0 bridgehead atoms. The van der Waals surface area contributed by atoms with E-state index in [2.05, 4.69) is 10.3 Å². The maximum Gasteiger partial charge on any atom is 0.418 e. The molecule has 0 fully saturated rings. The molecular formula is C12H12F3N3S. The number of aromatic nitrogens is 1. The van der Waals surface area contributed by atoms with E-state index in [1.807, 2.05) is 12.3 Å². The first-order valence-corrected chi connectivity index (χ1v) is 6.36. The number of thiazole rings is 1. The average Bonchev–Trinajstić information content (AvgIpc) is 2.72. The molecule has 2 rings (SSSR count). The number of hydrogen-bond donors (Lipinski definition) is 2. The molecule has 2 aromatic rings. The van der Waals surface area contributed by atoms with Gasteiger partial charge in [-0.2, -0.15) is 13.2 Å². The van der Waals surface area contributed by atoms with Crippen LogP contribution in [0.15, 0.2) is 23.6 Å². The number of nitrogens with two attached hydrogens (primary N) is 1.